The molecule has 3 aromatic carbocycles. The fraction of sp³-hybridized carbons (Fsp3) is 0.100. The molecule has 11 heteroatoms. The molecular weight excluding hydrogens is 566 g/mol. The zero-order valence-corrected chi connectivity index (χ0v) is 23.0. The molecule has 0 unspecified atom stereocenters. The van der Waals surface area contributed by atoms with Crippen LogP contribution in [0.15, 0.2) is 76.9 Å². The third kappa shape index (κ3) is 4.77. The van der Waals surface area contributed by atoms with E-state index in [1.54, 1.807) is 30.3 Å². The highest BCUT2D eigenvalue weighted by Gasteiger charge is 2.37. The smallest absolute Gasteiger partial charge is 0.338 e. The standard InChI is InChI=1S/C30H20ClN3O6S/c1-2-39-18-10-8-17(9-11-18)34-28(36)20-12-7-16(13-21(20)29(34)37)30(38)40-14-24-32-26(35)25-22(15-41-27(25)33-24)19-5-3-4-6-23(19)31/h3-13,15H,2,14H2,1H3,(H,32,33,35). The third-order valence-electron chi connectivity index (χ3n) is 6.53. The van der Waals surface area contributed by atoms with Gasteiger partial charge in [-0.25, -0.2) is 14.7 Å². The number of imide groups is 1. The second kappa shape index (κ2) is 10.6. The number of benzene rings is 3. The number of aromatic nitrogens is 2. The van der Waals surface area contributed by atoms with Crippen molar-refractivity contribution in [2.75, 3.05) is 11.5 Å². The number of carbonyl (C=O) groups is 3. The fourth-order valence-corrected chi connectivity index (χ4v) is 5.81. The number of esters is 1. The SMILES string of the molecule is CCOc1ccc(N2C(=O)c3ccc(C(=O)OCc4nc5scc(-c6ccccc6Cl)c5c(=O)[nH]4)cc3C2=O)cc1. The molecule has 2 aromatic heterocycles. The van der Waals surface area contributed by atoms with Crippen LogP contribution in [0.4, 0.5) is 5.69 Å². The maximum absolute atomic E-state index is 13.1. The number of anilines is 1. The average Bonchev–Trinajstić information content (AvgIpc) is 3.51. The van der Waals surface area contributed by atoms with Gasteiger partial charge in [-0.3, -0.25) is 14.4 Å². The lowest BCUT2D eigenvalue weighted by Crippen LogP contribution is -2.29. The lowest BCUT2D eigenvalue weighted by molar-refractivity contribution is 0.0462. The number of thiophene rings is 1. The van der Waals surface area contributed by atoms with E-state index in [0.29, 0.717) is 38.8 Å². The summed E-state index contributed by atoms with van der Waals surface area (Å²) in [4.78, 5) is 60.5. The number of hydrogen-bond donors (Lipinski definition) is 1. The molecule has 1 aliphatic heterocycles. The van der Waals surface area contributed by atoms with Gasteiger partial charge in [0.25, 0.3) is 17.4 Å². The van der Waals surface area contributed by atoms with Crippen LogP contribution in [-0.4, -0.2) is 34.4 Å². The maximum Gasteiger partial charge on any atom is 0.338 e. The highest BCUT2D eigenvalue weighted by Crippen LogP contribution is 2.35. The Morgan fingerprint density at radius 1 is 0.951 bits per heavy atom. The predicted octanol–water partition coefficient (Wildman–Crippen LogP) is 5.86. The fourth-order valence-electron chi connectivity index (χ4n) is 4.62. The zero-order valence-electron chi connectivity index (χ0n) is 21.5. The molecule has 0 fully saturated rings. The molecule has 6 rings (SSSR count). The molecule has 0 radical (unpaired) electrons. The highest BCUT2D eigenvalue weighted by atomic mass is 35.5. The highest BCUT2D eigenvalue weighted by molar-refractivity contribution is 7.17. The van der Waals surface area contributed by atoms with Crippen molar-refractivity contribution in [1.82, 2.24) is 9.97 Å². The van der Waals surface area contributed by atoms with Crippen LogP contribution < -0.4 is 15.2 Å². The first kappa shape index (κ1) is 26.4. The van der Waals surface area contributed by atoms with Gasteiger partial charge in [-0.2, -0.15) is 0 Å². The van der Waals surface area contributed by atoms with E-state index in [-0.39, 0.29) is 34.7 Å². The summed E-state index contributed by atoms with van der Waals surface area (Å²) in [6.07, 6.45) is 0. The Hall–Kier alpha value is -4.80. The van der Waals surface area contributed by atoms with Crippen molar-refractivity contribution in [2.45, 2.75) is 13.5 Å². The Morgan fingerprint density at radius 3 is 2.46 bits per heavy atom. The van der Waals surface area contributed by atoms with Crippen LogP contribution in [0.25, 0.3) is 21.3 Å². The number of carbonyl (C=O) groups excluding carboxylic acids is 3. The number of rotatable bonds is 7. The van der Waals surface area contributed by atoms with Crippen LogP contribution in [0, 0.1) is 0 Å². The number of hydrogen-bond acceptors (Lipinski definition) is 8. The number of ether oxygens (including phenoxy) is 2. The van der Waals surface area contributed by atoms with E-state index in [1.165, 1.54) is 29.5 Å². The predicted molar refractivity (Wildman–Crippen MR) is 155 cm³/mol. The molecule has 0 saturated heterocycles. The summed E-state index contributed by atoms with van der Waals surface area (Å²) in [7, 11) is 0. The molecule has 41 heavy (non-hydrogen) atoms. The van der Waals surface area contributed by atoms with E-state index >= 15 is 0 Å². The summed E-state index contributed by atoms with van der Waals surface area (Å²) >= 11 is 7.60. The Bertz CT molecular complexity index is 1910. The van der Waals surface area contributed by atoms with Gasteiger partial charge in [-0.05, 0) is 55.5 Å². The summed E-state index contributed by atoms with van der Waals surface area (Å²) in [5.74, 6) is -0.993. The maximum atomic E-state index is 13.1. The van der Waals surface area contributed by atoms with E-state index in [4.69, 9.17) is 21.1 Å². The minimum Gasteiger partial charge on any atom is -0.494 e. The van der Waals surface area contributed by atoms with Gasteiger partial charge in [0.1, 0.15) is 23.0 Å². The Labute approximate surface area is 241 Å². The normalized spacial score (nSPS) is 12.6. The van der Waals surface area contributed by atoms with Crippen LogP contribution >= 0.6 is 22.9 Å². The number of H-pyrrole nitrogens is 1. The minimum absolute atomic E-state index is 0.0824. The van der Waals surface area contributed by atoms with Crippen molar-refractivity contribution < 1.29 is 23.9 Å². The van der Waals surface area contributed by atoms with Gasteiger partial charge in [0, 0.05) is 21.5 Å². The van der Waals surface area contributed by atoms with Crippen LogP contribution in [0.3, 0.4) is 0 Å². The number of aromatic amines is 1. The molecular formula is C30H20ClN3O6S. The summed E-state index contributed by atoms with van der Waals surface area (Å²) in [6, 6.07) is 18.0. The van der Waals surface area contributed by atoms with E-state index in [2.05, 4.69) is 9.97 Å². The van der Waals surface area contributed by atoms with Gasteiger partial charge < -0.3 is 14.5 Å². The monoisotopic (exact) mass is 585 g/mol. The van der Waals surface area contributed by atoms with E-state index < -0.39 is 17.8 Å². The summed E-state index contributed by atoms with van der Waals surface area (Å²) in [6.45, 7) is 2.05. The van der Waals surface area contributed by atoms with E-state index in [9.17, 15) is 19.2 Å². The molecule has 0 aliphatic carbocycles. The largest absolute Gasteiger partial charge is 0.494 e. The number of fused-ring (bicyclic) bond motifs is 2. The summed E-state index contributed by atoms with van der Waals surface area (Å²) in [5, 5.41) is 2.72. The van der Waals surface area contributed by atoms with Crippen LogP contribution in [0.1, 0.15) is 43.8 Å². The van der Waals surface area contributed by atoms with Crippen molar-refractivity contribution >= 4 is 56.6 Å². The lowest BCUT2D eigenvalue weighted by atomic mass is 10.1. The number of amides is 2. The van der Waals surface area contributed by atoms with Crippen LogP contribution in [0.5, 0.6) is 5.75 Å². The van der Waals surface area contributed by atoms with Gasteiger partial charge in [0.05, 0.1) is 34.4 Å². The second-order valence-electron chi connectivity index (χ2n) is 9.03. The summed E-state index contributed by atoms with van der Waals surface area (Å²) in [5.41, 5.74) is 1.76. The van der Waals surface area contributed by atoms with Crippen LogP contribution in [0.2, 0.25) is 5.02 Å². The van der Waals surface area contributed by atoms with Gasteiger partial charge in [0.15, 0.2) is 0 Å². The minimum atomic E-state index is -0.738. The number of halogens is 1. The van der Waals surface area contributed by atoms with Gasteiger partial charge in [0.2, 0.25) is 0 Å². The first-order valence-corrected chi connectivity index (χ1v) is 13.8. The topological polar surface area (TPSA) is 119 Å². The van der Waals surface area contributed by atoms with Gasteiger partial charge >= 0.3 is 5.97 Å². The molecule has 0 bridgehead atoms. The molecule has 2 amide bonds. The lowest BCUT2D eigenvalue weighted by Gasteiger charge is -2.14. The molecule has 0 atom stereocenters. The quantitative estimate of drug-likeness (QED) is 0.188. The third-order valence-corrected chi connectivity index (χ3v) is 7.73. The second-order valence-corrected chi connectivity index (χ2v) is 10.3. The first-order chi connectivity index (χ1) is 19.9. The van der Waals surface area contributed by atoms with Gasteiger partial charge in [-0.15, -0.1) is 11.3 Å². The molecule has 0 saturated carbocycles. The molecule has 204 valence electrons. The van der Waals surface area contributed by atoms with Crippen molar-refractivity contribution in [3.63, 3.8) is 0 Å². The summed E-state index contributed by atoms with van der Waals surface area (Å²) < 4.78 is 10.8. The molecule has 3 heterocycles. The number of nitrogens with one attached hydrogen (secondary N) is 1. The Morgan fingerprint density at radius 2 is 1.71 bits per heavy atom. The molecule has 9 nitrogen and oxygen atoms in total. The molecule has 0 spiro atoms. The van der Waals surface area contributed by atoms with Crippen molar-refractivity contribution in [3.05, 3.63) is 110 Å². The number of nitrogens with zero attached hydrogens (tertiary/aromatic N) is 2. The first-order valence-electron chi connectivity index (χ1n) is 12.5. The van der Waals surface area contributed by atoms with Gasteiger partial charge in [-0.1, -0.05) is 29.8 Å². The van der Waals surface area contributed by atoms with Crippen molar-refractivity contribution in [2.24, 2.45) is 0 Å². The zero-order chi connectivity index (χ0) is 28.7. The average molecular weight is 586 g/mol. The Balaban J connectivity index is 1.19. The van der Waals surface area contributed by atoms with Crippen molar-refractivity contribution in [3.8, 4) is 16.9 Å². The Kier molecular flexibility index (Phi) is 6.86. The van der Waals surface area contributed by atoms with Crippen molar-refractivity contribution in [1.29, 1.82) is 0 Å². The van der Waals surface area contributed by atoms with E-state index in [0.717, 1.165) is 10.5 Å². The molecule has 5 aromatic rings. The molecule has 1 aliphatic rings. The van der Waals surface area contributed by atoms with E-state index in [1.807, 2.05) is 30.5 Å². The van der Waals surface area contributed by atoms with Crippen LogP contribution in [-0.2, 0) is 11.3 Å². The molecule has 1 N–H and O–H groups in total.